The number of nitrogens with zero attached hydrogens (tertiary/aromatic N) is 4. The molecule has 0 aromatic carbocycles. The van der Waals surface area contributed by atoms with Gasteiger partial charge in [-0.05, 0) is 30.2 Å². The first kappa shape index (κ1) is 12.3. The van der Waals surface area contributed by atoms with E-state index in [0.29, 0.717) is 5.82 Å². The van der Waals surface area contributed by atoms with E-state index in [1.165, 1.54) is 23.3 Å². The summed E-state index contributed by atoms with van der Waals surface area (Å²) in [6, 6.07) is 1.76. The Hall–Kier alpha value is -1.21. The van der Waals surface area contributed by atoms with E-state index in [0.717, 1.165) is 21.0 Å². The van der Waals surface area contributed by atoms with Crippen LogP contribution >= 0.6 is 23.3 Å². The SMILES string of the molecule is Cc1nsc(Sc2cc(N)nc(C(C)C)n2)n1. The molecule has 7 heteroatoms. The molecule has 0 saturated carbocycles. The van der Waals surface area contributed by atoms with Crippen LogP contribution in [0, 0.1) is 6.92 Å². The van der Waals surface area contributed by atoms with Crippen molar-refractivity contribution in [3.8, 4) is 0 Å². The minimum atomic E-state index is 0.258. The van der Waals surface area contributed by atoms with Gasteiger partial charge in [0.25, 0.3) is 0 Å². The van der Waals surface area contributed by atoms with E-state index < -0.39 is 0 Å². The Morgan fingerprint density at radius 1 is 1.29 bits per heavy atom. The van der Waals surface area contributed by atoms with Gasteiger partial charge in [0.2, 0.25) is 0 Å². The number of aromatic nitrogens is 4. The molecule has 90 valence electrons. The number of hydrogen-bond acceptors (Lipinski definition) is 7. The smallest absolute Gasteiger partial charge is 0.176 e. The van der Waals surface area contributed by atoms with Crippen LogP contribution in [0.1, 0.15) is 31.4 Å². The van der Waals surface area contributed by atoms with Gasteiger partial charge < -0.3 is 5.73 Å². The van der Waals surface area contributed by atoms with Crippen LogP contribution in [-0.2, 0) is 0 Å². The summed E-state index contributed by atoms with van der Waals surface area (Å²) < 4.78 is 5.00. The predicted molar refractivity (Wildman–Crippen MR) is 69.3 cm³/mol. The zero-order chi connectivity index (χ0) is 12.4. The minimum Gasteiger partial charge on any atom is -0.384 e. The fourth-order valence-electron chi connectivity index (χ4n) is 1.18. The molecule has 5 nitrogen and oxygen atoms in total. The fourth-order valence-corrected chi connectivity index (χ4v) is 2.80. The van der Waals surface area contributed by atoms with Crippen molar-refractivity contribution in [2.45, 2.75) is 36.1 Å². The third kappa shape index (κ3) is 3.13. The molecular formula is C10H13N5S2. The van der Waals surface area contributed by atoms with E-state index in [1.807, 2.05) is 20.8 Å². The van der Waals surface area contributed by atoms with E-state index in [-0.39, 0.29) is 5.92 Å². The largest absolute Gasteiger partial charge is 0.384 e. The lowest BCUT2D eigenvalue weighted by Gasteiger charge is -2.06. The summed E-state index contributed by atoms with van der Waals surface area (Å²) in [5, 5.41) is 0.817. The van der Waals surface area contributed by atoms with Crippen molar-refractivity contribution in [3.63, 3.8) is 0 Å². The molecule has 0 fully saturated rings. The van der Waals surface area contributed by atoms with Crippen molar-refractivity contribution in [2.24, 2.45) is 0 Å². The first-order valence-corrected chi connectivity index (χ1v) is 6.76. The van der Waals surface area contributed by atoms with Crippen LogP contribution in [0.25, 0.3) is 0 Å². The van der Waals surface area contributed by atoms with Crippen molar-refractivity contribution in [1.29, 1.82) is 0 Å². The van der Waals surface area contributed by atoms with Gasteiger partial charge in [0.05, 0.1) is 0 Å². The van der Waals surface area contributed by atoms with Gasteiger partial charge in [0, 0.05) is 12.0 Å². The number of anilines is 1. The van der Waals surface area contributed by atoms with Gasteiger partial charge in [-0.2, -0.15) is 4.37 Å². The molecule has 0 aliphatic heterocycles. The molecule has 2 heterocycles. The molecule has 2 N–H and O–H groups in total. The maximum absolute atomic E-state index is 5.76. The second kappa shape index (κ2) is 4.97. The Kier molecular flexibility index (Phi) is 3.58. The van der Waals surface area contributed by atoms with Crippen molar-refractivity contribution >= 4 is 29.1 Å². The van der Waals surface area contributed by atoms with Crippen LogP contribution in [0.2, 0.25) is 0 Å². The lowest BCUT2D eigenvalue weighted by Crippen LogP contribution is -2.02. The van der Waals surface area contributed by atoms with Crippen LogP contribution in [0.3, 0.4) is 0 Å². The molecule has 17 heavy (non-hydrogen) atoms. The summed E-state index contributed by atoms with van der Waals surface area (Å²) >= 11 is 2.83. The molecule has 0 bridgehead atoms. The molecule has 2 aromatic rings. The van der Waals surface area contributed by atoms with E-state index in [1.54, 1.807) is 6.07 Å². The second-order valence-electron chi connectivity index (χ2n) is 3.85. The molecule has 0 saturated heterocycles. The fraction of sp³-hybridized carbons (Fsp3) is 0.400. The van der Waals surface area contributed by atoms with Crippen LogP contribution in [0.5, 0.6) is 0 Å². The highest BCUT2D eigenvalue weighted by atomic mass is 32.2. The van der Waals surface area contributed by atoms with Crippen LogP contribution in [-0.4, -0.2) is 19.3 Å². The van der Waals surface area contributed by atoms with Crippen molar-refractivity contribution in [1.82, 2.24) is 19.3 Å². The first-order chi connectivity index (χ1) is 8.04. The van der Waals surface area contributed by atoms with Crippen molar-refractivity contribution in [2.75, 3.05) is 5.73 Å². The zero-order valence-electron chi connectivity index (χ0n) is 9.84. The summed E-state index contributed by atoms with van der Waals surface area (Å²) in [6.07, 6.45) is 0. The molecule has 2 rings (SSSR count). The monoisotopic (exact) mass is 267 g/mol. The molecule has 0 radical (unpaired) electrons. The van der Waals surface area contributed by atoms with Crippen molar-refractivity contribution in [3.05, 3.63) is 17.7 Å². The second-order valence-corrected chi connectivity index (χ2v) is 5.87. The molecule has 2 aromatic heterocycles. The van der Waals surface area contributed by atoms with Gasteiger partial charge in [-0.15, -0.1) is 0 Å². The highest BCUT2D eigenvalue weighted by Gasteiger charge is 2.09. The topological polar surface area (TPSA) is 77.6 Å². The van der Waals surface area contributed by atoms with Crippen LogP contribution in [0.4, 0.5) is 5.82 Å². The number of aryl methyl sites for hydroxylation is 1. The highest BCUT2D eigenvalue weighted by Crippen LogP contribution is 2.29. The average molecular weight is 267 g/mol. The molecule has 0 amide bonds. The molecule has 0 atom stereocenters. The molecule has 0 aliphatic carbocycles. The Labute approximate surface area is 108 Å². The van der Waals surface area contributed by atoms with Gasteiger partial charge in [-0.3, -0.25) is 0 Å². The molecule has 0 unspecified atom stereocenters. The third-order valence-electron chi connectivity index (χ3n) is 1.96. The average Bonchev–Trinajstić information content (AvgIpc) is 2.63. The first-order valence-electron chi connectivity index (χ1n) is 5.17. The van der Waals surface area contributed by atoms with Crippen LogP contribution < -0.4 is 5.73 Å². The molecular weight excluding hydrogens is 254 g/mol. The van der Waals surface area contributed by atoms with E-state index in [4.69, 9.17) is 5.73 Å². The van der Waals surface area contributed by atoms with Gasteiger partial charge in [0.1, 0.15) is 22.5 Å². The summed E-state index contributed by atoms with van der Waals surface area (Å²) in [5.74, 6) is 2.29. The molecule has 0 spiro atoms. The number of nitrogens with two attached hydrogens (primary N) is 1. The van der Waals surface area contributed by atoms with E-state index >= 15 is 0 Å². The summed E-state index contributed by atoms with van der Waals surface area (Å²) in [4.78, 5) is 12.9. The number of nitrogen functional groups attached to an aromatic ring is 1. The number of rotatable bonds is 3. The van der Waals surface area contributed by atoms with E-state index in [9.17, 15) is 0 Å². The third-order valence-corrected chi connectivity index (χ3v) is 3.72. The zero-order valence-corrected chi connectivity index (χ0v) is 11.5. The lowest BCUT2D eigenvalue weighted by atomic mass is 10.2. The lowest BCUT2D eigenvalue weighted by molar-refractivity contribution is 0.756. The number of hydrogen-bond donors (Lipinski definition) is 1. The normalized spacial score (nSPS) is 11.1. The van der Waals surface area contributed by atoms with E-state index in [2.05, 4.69) is 19.3 Å². The van der Waals surface area contributed by atoms with Gasteiger partial charge in [-0.1, -0.05) is 13.8 Å². The Bertz CT molecular complexity index is 523. The quantitative estimate of drug-likeness (QED) is 0.861. The summed E-state index contributed by atoms with van der Waals surface area (Å²) in [6.45, 7) is 5.95. The highest BCUT2D eigenvalue weighted by molar-refractivity contribution is 8.00. The van der Waals surface area contributed by atoms with Crippen molar-refractivity contribution < 1.29 is 0 Å². The predicted octanol–water partition coefficient (Wildman–Crippen LogP) is 2.49. The Morgan fingerprint density at radius 3 is 2.65 bits per heavy atom. The Balaban J connectivity index is 2.26. The molecule has 0 aliphatic rings. The Morgan fingerprint density at radius 2 is 2.06 bits per heavy atom. The summed E-state index contributed by atoms with van der Waals surface area (Å²) in [5.41, 5.74) is 5.76. The van der Waals surface area contributed by atoms with Gasteiger partial charge >= 0.3 is 0 Å². The maximum Gasteiger partial charge on any atom is 0.176 e. The van der Waals surface area contributed by atoms with Gasteiger partial charge in [-0.25, -0.2) is 15.0 Å². The standard InChI is InChI=1S/C10H13N5S2/c1-5(2)9-13-7(11)4-8(14-9)16-10-12-6(3)15-17-10/h4-5H,1-3H3,(H2,11,13,14). The van der Waals surface area contributed by atoms with Crippen LogP contribution in [0.15, 0.2) is 15.4 Å². The minimum absolute atomic E-state index is 0.258. The summed E-state index contributed by atoms with van der Waals surface area (Å²) in [7, 11) is 0. The van der Waals surface area contributed by atoms with Gasteiger partial charge in [0.15, 0.2) is 4.34 Å². The maximum atomic E-state index is 5.76.